The SMILES string of the molecule is Cc1[nH]c(=O)[nH]c(=O)c1CCC(=O)N1CCC[C@H]1Cc1ccccc1Cl. The minimum Gasteiger partial charge on any atom is -0.339 e. The Morgan fingerprint density at radius 2 is 2.04 bits per heavy atom. The highest BCUT2D eigenvalue weighted by molar-refractivity contribution is 6.31. The second-order valence-corrected chi connectivity index (χ2v) is 7.10. The van der Waals surface area contributed by atoms with Crippen LogP contribution < -0.4 is 11.2 Å². The van der Waals surface area contributed by atoms with Crippen LogP contribution in [0.5, 0.6) is 0 Å². The molecule has 0 unspecified atom stereocenters. The van der Waals surface area contributed by atoms with Crippen LogP contribution in [0, 0.1) is 6.92 Å². The number of hydrogen-bond acceptors (Lipinski definition) is 3. The highest BCUT2D eigenvalue weighted by atomic mass is 35.5. The van der Waals surface area contributed by atoms with Crippen molar-refractivity contribution >= 4 is 17.5 Å². The maximum Gasteiger partial charge on any atom is 0.325 e. The van der Waals surface area contributed by atoms with Crippen LogP contribution in [0.2, 0.25) is 5.02 Å². The number of halogens is 1. The average Bonchev–Trinajstić information content (AvgIpc) is 3.04. The molecule has 2 N–H and O–H groups in total. The molecule has 1 amide bonds. The number of benzene rings is 1. The number of H-pyrrole nitrogens is 2. The van der Waals surface area contributed by atoms with Crippen molar-refractivity contribution in [1.29, 1.82) is 0 Å². The predicted octanol–water partition coefficient (Wildman–Crippen LogP) is 2.19. The third-order valence-corrected chi connectivity index (χ3v) is 5.32. The van der Waals surface area contributed by atoms with E-state index in [2.05, 4.69) is 9.97 Å². The number of amides is 1. The Hall–Kier alpha value is -2.34. The van der Waals surface area contributed by atoms with Gasteiger partial charge in [-0.15, -0.1) is 0 Å². The van der Waals surface area contributed by atoms with Gasteiger partial charge in [0.2, 0.25) is 5.91 Å². The third kappa shape index (κ3) is 4.07. The monoisotopic (exact) mass is 375 g/mol. The van der Waals surface area contributed by atoms with Crippen molar-refractivity contribution in [1.82, 2.24) is 14.9 Å². The molecule has 1 aromatic heterocycles. The normalized spacial score (nSPS) is 16.8. The quantitative estimate of drug-likeness (QED) is 0.839. The van der Waals surface area contributed by atoms with Crippen LogP contribution in [-0.4, -0.2) is 33.4 Å². The minimum absolute atomic E-state index is 0.0320. The van der Waals surface area contributed by atoms with Crippen molar-refractivity contribution in [3.05, 3.63) is 66.9 Å². The Morgan fingerprint density at radius 3 is 2.77 bits per heavy atom. The lowest BCUT2D eigenvalue weighted by atomic mass is 10.0. The molecule has 6 nitrogen and oxygen atoms in total. The molecule has 0 bridgehead atoms. The van der Waals surface area contributed by atoms with Gasteiger partial charge >= 0.3 is 5.69 Å². The summed E-state index contributed by atoms with van der Waals surface area (Å²) in [6.07, 6.45) is 3.22. The number of hydrogen-bond donors (Lipinski definition) is 2. The Balaban J connectivity index is 1.66. The van der Waals surface area contributed by atoms with Crippen LogP contribution in [0.4, 0.5) is 0 Å². The van der Waals surface area contributed by atoms with Crippen LogP contribution in [-0.2, 0) is 17.6 Å². The number of aromatic amines is 2. The molecule has 26 heavy (non-hydrogen) atoms. The second-order valence-electron chi connectivity index (χ2n) is 6.69. The standard InChI is InChI=1S/C19H22ClN3O3/c1-12-15(18(25)22-19(26)21-12)8-9-17(24)23-10-4-6-14(23)11-13-5-2-3-7-16(13)20/h2-3,5,7,14H,4,6,8-11H2,1H3,(H2,21,22,25,26)/t14-/m0/s1. The number of carbonyl (C=O) groups is 1. The Morgan fingerprint density at radius 1 is 1.27 bits per heavy atom. The molecule has 2 heterocycles. The fraction of sp³-hybridized carbons (Fsp3) is 0.421. The van der Waals surface area contributed by atoms with Gasteiger partial charge in [-0.3, -0.25) is 14.6 Å². The molecule has 7 heteroatoms. The number of nitrogens with one attached hydrogen (secondary N) is 2. The first-order chi connectivity index (χ1) is 12.5. The summed E-state index contributed by atoms with van der Waals surface area (Å²) in [5, 5.41) is 0.724. The van der Waals surface area contributed by atoms with E-state index in [1.54, 1.807) is 6.92 Å². The van der Waals surface area contributed by atoms with Crippen molar-refractivity contribution in [3.8, 4) is 0 Å². The number of aryl methyl sites for hydroxylation is 1. The Kier molecular flexibility index (Phi) is 5.61. The molecule has 1 aliphatic heterocycles. The number of likely N-dealkylation sites (tertiary alicyclic amines) is 1. The molecule has 0 aliphatic carbocycles. The van der Waals surface area contributed by atoms with E-state index in [0.29, 0.717) is 17.7 Å². The first-order valence-corrected chi connectivity index (χ1v) is 9.18. The van der Waals surface area contributed by atoms with E-state index in [0.717, 1.165) is 36.4 Å². The summed E-state index contributed by atoms with van der Waals surface area (Å²) >= 11 is 6.25. The largest absolute Gasteiger partial charge is 0.339 e. The number of carbonyl (C=O) groups excluding carboxylic acids is 1. The lowest BCUT2D eigenvalue weighted by molar-refractivity contribution is -0.131. The van der Waals surface area contributed by atoms with Gasteiger partial charge in [-0.05, 0) is 44.2 Å². The molecule has 138 valence electrons. The van der Waals surface area contributed by atoms with E-state index in [-0.39, 0.29) is 18.4 Å². The van der Waals surface area contributed by atoms with Crippen LogP contribution >= 0.6 is 11.6 Å². The molecule has 2 aromatic rings. The first kappa shape index (κ1) is 18.5. The van der Waals surface area contributed by atoms with Crippen LogP contribution in [0.25, 0.3) is 0 Å². The van der Waals surface area contributed by atoms with Gasteiger partial charge in [0.25, 0.3) is 5.56 Å². The zero-order chi connectivity index (χ0) is 18.7. The van der Waals surface area contributed by atoms with Gasteiger partial charge in [-0.25, -0.2) is 4.79 Å². The summed E-state index contributed by atoms with van der Waals surface area (Å²) in [6.45, 7) is 2.40. The van der Waals surface area contributed by atoms with Crippen LogP contribution in [0.3, 0.4) is 0 Å². The first-order valence-electron chi connectivity index (χ1n) is 8.80. The minimum atomic E-state index is -0.526. The van der Waals surface area contributed by atoms with E-state index in [9.17, 15) is 14.4 Å². The van der Waals surface area contributed by atoms with E-state index < -0.39 is 11.2 Å². The molecular formula is C19H22ClN3O3. The third-order valence-electron chi connectivity index (χ3n) is 4.95. The van der Waals surface area contributed by atoms with Gasteiger partial charge in [0.15, 0.2) is 0 Å². The summed E-state index contributed by atoms with van der Waals surface area (Å²) in [4.78, 5) is 42.6. The zero-order valence-corrected chi connectivity index (χ0v) is 15.4. The van der Waals surface area contributed by atoms with E-state index in [4.69, 9.17) is 11.6 Å². The molecule has 3 rings (SSSR count). The number of rotatable bonds is 5. The number of aromatic nitrogens is 2. The van der Waals surface area contributed by atoms with Gasteiger partial charge in [0.1, 0.15) is 0 Å². The molecular weight excluding hydrogens is 354 g/mol. The van der Waals surface area contributed by atoms with Gasteiger partial charge < -0.3 is 9.88 Å². The summed E-state index contributed by atoms with van der Waals surface area (Å²) in [5.74, 6) is 0.0320. The second kappa shape index (κ2) is 7.91. The summed E-state index contributed by atoms with van der Waals surface area (Å²) in [7, 11) is 0. The van der Waals surface area contributed by atoms with E-state index in [1.165, 1.54) is 0 Å². The van der Waals surface area contributed by atoms with Crippen LogP contribution in [0.15, 0.2) is 33.9 Å². The van der Waals surface area contributed by atoms with Gasteiger partial charge in [0.05, 0.1) is 0 Å². The molecule has 1 aromatic carbocycles. The summed E-state index contributed by atoms with van der Waals surface area (Å²) in [6, 6.07) is 7.84. The zero-order valence-electron chi connectivity index (χ0n) is 14.7. The molecule has 1 fully saturated rings. The van der Waals surface area contributed by atoms with Gasteiger partial charge in [0, 0.05) is 35.3 Å². The fourth-order valence-electron chi connectivity index (χ4n) is 3.60. The van der Waals surface area contributed by atoms with Crippen molar-refractivity contribution in [2.75, 3.05) is 6.54 Å². The predicted molar refractivity (Wildman–Crippen MR) is 101 cm³/mol. The molecule has 0 radical (unpaired) electrons. The smallest absolute Gasteiger partial charge is 0.325 e. The molecule has 1 aliphatic rings. The summed E-state index contributed by atoms with van der Waals surface area (Å²) in [5.41, 5.74) is 1.07. The fourth-order valence-corrected chi connectivity index (χ4v) is 3.81. The van der Waals surface area contributed by atoms with E-state index in [1.807, 2.05) is 29.2 Å². The van der Waals surface area contributed by atoms with Crippen molar-refractivity contribution in [3.63, 3.8) is 0 Å². The van der Waals surface area contributed by atoms with Crippen molar-refractivity contribution < 1.29 is 4.79 Å². The topological polar surface area (TPSA) is 86.0 Å². The van der Waals surface area contributed by atoms with Crippen molar-refractivity contribution in [2.45, 2.75) is 45.1 Å². The highest BCUT2D eigenvalue weighted by Crippen LogP contribution is 2.25. The van der Waals surface area contributed by atoms with Crippen LogP contribution in [0.1, 0.15) is 36.1 Å². The molecule has 1 saturated heterocycles. The number of nitrogens with zero attached hydrogens (tertiary/aromatic N) is 1. The average molecular weight is 376 g/mol. The van der Waals surface area contributed by atoms with E-state index >= 15 is 0 Å². The maximum absolute atomic E-state index is 12.7. The molecule has 0 saturated carbocycles. The highest BCUT2D eigenvalue weighted by Gasteiger charge is 2.29. The summed E-state index contributed by atoms with van der Waals surface area (Å²) < 4.78 is 0. The van der Waals surface area contributed by atoms with Crippen molar-refractivity contribution in [2.24, 2.45) is 0 Å². The lowest BCUT2D eigenvalue weighted by Gasteiger charge is -2.25. The Labute approximate surface area is 156 Å². The Bertz CT molecular complexity index is 919. The van der Waals surface area contributed by atoms with Gasteiger partial charge in [-0.2, -0.15) is 0 Å². The maximum atomic E-state index is 12.7. The lowest BCUT2D eigenvalue weighted by Crippen LogP contribution is -2.37. The molecule has 0 spiro atoms. The van der Waals surface area contributed by atoms with Gasteiger partial charge in [-0.1, -0.05) is 29.8 Å². The molecule has 1 atom stereocenters.